The first kappa shape index (κ1) is 21.4. The van der Waals surface area contributed by atoms with Gasteiger partial charge in [-0.25, -0.2) is 4.98 Å². The summed E-state index contributed by atoms with van der Waals surface area (Å²) in [7, 11) is 1.60. The topological polar surface area (TPSA) is 99.9 Å². The summed E-state index contributed by atoms with van der Waals surface area (Å²) < 4.78 is 19.5. The fourth-order valence-corrected chi connectivity index (χ4v) is 4.33. The first-order valence-electron chi connectivity index (χ1n) is 11.3. The first-order chi connectivity index (χ1) is 16.2. The third kappa shape index (κ3) is 4.41. The molecule has 0 aliphatic carbocycles. The Kier molecular flexibility index (Phi) is 6.21. The van der Waals surface area contributed by atoms with Crippen LogP contribution in [0.4, 0.5) is 5.82 Å². The number of anilines is 1. The SMILES string of the molecule is COc1c(OCCC2CCCCO2)ccc2c3n(c(=NC(=O)c4cccnc4)nc12)CCN3. The van der Waals surface area contributed by atoms with E-state index < -0.39 is 5.91 Å². The number of hydrogen-bond acceptors (Lipinski definition) is 7. The molecule has 2 aliphatic heterocycles. The molecule has 1 saturated heterocycles. The molecule has 0 bridgehead atoms. The molecule has 172 valence electrons. The Morgan fingerprint density at radius 3 is 3.06 bits per heavy atom. The van der Waals surface area contributed by atoms with Crippen molar-refractivity contribution < 1.29 is 19.0 Å². The summed E-state index contributed by atoms with van der Waals surface area (Å²) >= 11 is 0. The van der Waals surface area contributed by atoms with Gasteiger partial charge >= 0.3 is 0 Å². The summed E-state index contributed by atoms with van der Waals surface area (Å²) in [5.74, 6) is 1.61. The largest absolute Gasteiger partial charge is 0.491 e. The van der Waals surface area contributed by atoms with Crippen LogP contribution in [-0.2, 0) is 11.3 Å². The van der Waals surface area contributed by atoms with E-state index in [1.807, 2.05) is 16.7 Å². The lowest BCUT2D eigenvalue weighted by atomic mass is 10.1. The molecule has 9 nitrogen and oxygen atoms in total. The van der Waals surface area contributed by atoms with Crippen molar-refractivity contribution in [3.63, 3.8) is 0 Å². The van der Waals surface area contributed by atoms with Gasteiger partial charge in [-0.3, -0.25) is 14.3 Å². The Labute approximate surface area is 191 Å². The van der Waals surface area contributed by atoms with Gasteiger partial charge in [0.05, 0.1) is 25.4 Å². The molecule has 5 rings (SSSR count). The predicted molar refractivity (Wildman–Crippen MR) is 123 cm³/mol. The molecule has 1 fully saturated rings. The van der Waals surface area contributed by atoms with Gasteiger partial charge in [0.25, 0.3) is 5.91 Å². The smallest absolute Gasteiger partial charge is 0.281 e. The van der Waals surface area contributed by atoms with Crippen LogP contribution in [0.3, 0.4) is 0 Å². The summed E-state index contributed by atoms with van der Waals surface area (Å²) in [5.41, 5.74) is 1.33. The summed E-state index contributed by atoms with van der Waals surface area (Å²) in [5, 5.41) is 4.27. The van der Waals surface area contributed by atoms with Crippen LogP contribution in [0.15, 0.2) is 41.7 Å². The Bertz CT molecular complexity index is 1220. The van der Waals surface area contributed by atoms with E-state index >= 15 is 0 Å². The molecule has 1 amide bonds. The number of rotatable bonds is 6. The van der Waals surface area contributed by atoms with E-state index in [2.05, 4.69) is 15.3 Å². The highest BCUT2D eigenvalue weighted by Crippen LogP contribution is 2.37. The standard InChI is InChI=1S/C24H27N5O4/c1-31-21-19(33-14-9-17-6-2-3-13-32-17)8-7-18-20(21)27-24(29-12-11-26-22(18)29)28-23(30)16-5-4-10-25-15-16/h4-5,7-8,10,15,17,26H,2-3,6,9,11-14H2,1H3. The van der Waals surface area contributed by atoms with Gasteiger partial charge in [-0.2, -0.15) is 4.99 Å². The van der Waals surface area contributed by atoms with Gasteiger partial charge in [-0.1, -0.05) is 0 Å². The van der Waals surface area contributed by atoms with Gasteiger partial charge in [0.2, 0.25) is 5.62 Å². The number of benzene rings is 1. The monoisotopic (exact) mass is 449 g/mol. The molecular formula is C24H27N5O4. The Hall–Kier alpha value is -3.46. The quantitative estimate of drug-likeness (QED) is 0.618. The number of carbonyl (C=O) groups excluding carboxylic acids is 1. The van der Waals surface area contributed by atoms with Crippen LogP contribution in [-0.4, -0.2) is 53.4 Å². The summed E-state index contributed by atoms with van der Waals surface area (Å²) in [6.45, 7) is 2.75. The average molecular weight is 450 g/mol. The Balaban J connectivity index is 1.50. The Morgan fingerprint density at radius 2 is 2.27 bits per heavy atom. The molecule has 1 unspecified atom stereocenters. The third-order valence-electron chi connectivity index (χ3n) is 5.99. The number of amides is 1. The van der Waals surface area contributed by atoms with Crippen LogP contribution in [0, 0.1) is 0 Å². The number of hydrogen-bond donors (Lipinski definition) is 1. The number of carbonyl (C=O) groups is 1. The number of nitrogens with zero attached hydrogens (tertiary/aromatic N) is 4. The molecule has 0 radical (unpaired) electrons. The van der Waals surface area contributed by atoms with Crippen molar-refractivity contribution in [2.45, 2.75) is 38.3 Å². The van der Waals surface area contributed by atoms with E-state index in [0.29, 0.717) is 41.3 Å². The van der Waals surface area contributed by atoms with Gasteiger partial charge in [-0.05, 0) is 43.5 Å². The second kappa shape index (κ2) is 9.58. The van der Waals surface area contributed by atoms with Crippen LogP contribution in [0.25, 0.3) is 10.9 Å². The van der Waals surface area contributed by atoms with Crippen molar-refractivity contribution in [1.82, 2.24) is 14.5 Å². The minimum absolute atomic E-state index is 0.246. The second-order valence-corrected chi connectivity index (χ2v) is 8.12. The van der Waals surface area contributed by atoms with Crippen LogP contribution < -0.4 is 20.4 Å². The molecule has 1 N–H and O–H groups in total. The molecule has 0 spiro atoms. The zero-order chi connectivity index (χ0) is 22.6. The zero-order valence-electron chi connectivity index (χ0n) is 18.6. The molecule has 2 aliphatic rings. The van der Waals surface area contributed by atoms with Crippen LogP contribution >= 0.6 is 0 Å². The van der Waals surface area contributed by atoms with E-state index in [4.69, 9.17) is 19.2 Å². The lowest BCUT2D eigenvalue weighted by molar-refractivity contribution is 0.00391. The number of nitrogens with one attached hydrogen (secondary N) is 1. The first-order valence-corrected chi connectivity index (χ1v) is 11.3. The van der Waals surface area contributed by atoms with Crippen molar-refractivity contribution in [1.29, 1.82) is 0 Å². The zero-order valence-corrected chi connectivity index (χ0v) is 18.6. The van der Waals surface area contributed by atoms with Gasteiger partial charge in [0.1, 0.15) is 11.3 Å². The lowest BCUT2D eigenvalue weighted by Gasteiger charge is -2.22. The normalized spacial score (nSPS) is 18.1. The molecule has 4 heterocycles. The molecule has 33 heavy (non-hydrogen) atoms. The van der Waals surface area contributed by atoms with Crippen LogP contribution in [0.5, 0.6) is 11.5 Å². The Morgan fingerprint density at radius 1 is 1.33 bits per heavy atom. The minimum atomic E-state index is -0.393. The number of fused-ring (bicyclic) bond motifs is 3. The van der Waals surface area contributed by atoms with E-state index in [9.17, 15) is 4.79 Å². The van der Waals surface area contributed by atoms with Crippen molar-refractivity contribution in [3.05, 3.63) is 47.8 Å². The minimum Gasteiger partial charge on any atom is -0.491 e. The number of aromatic nitrogens is 3. The fourth-order valence-electron chi connectivity index (χ4n) is 4.33. The average Bonchev–Trinajstić information content (AvgIpc) is 3.36. The molecule has 0 saturated carbocycles. The van der Waals surface area contributed by atoms with Crippen molar-refractivity contribution in [3.8, 4) is 11.5 Å². The number of ether oxygens (including phenoxy) is 3. The fraction of sp³-hybridized carbons (Fsp3) is 0.417. The number of pyridine rings is 1. The van der Waals surface area contributed by atoms with E-state index in [0.717, 1.165) is 43.6 Å². The molecular weight excluding hydrogens is 422 g/mol. The molecule has 2 aromatic heterocycles. The van der Waals surface area contributed by atoms with Crippen molar-refractivity contribution in [2.24, 2.45) is 4.99 Å². The van der Waals surface area contributed by atoms with Gasteiger partial charge in [0, 0.05) is 43.9 Å². The molecule has 9 heteroatoms. The lowest BCUT2D eigenvalue weighted by Crippen LogP contribution is -2.25. The van der Waals surface area contributed by atoms with Gasteiger partial charge in [0.15, 0.2) is 11.5 Å². The summed E-state index contributed by atoms with van der Waals surface area (Å²) in [4.78, 5) is 25.7. The number of methoxy groups -OCH3 is 1. The highest BCUT2D eigenvalue weighted by atomic mass is 16.5. The van der Waals surface area contributed by atoms with Crippen molar-refractivity contribution >= 4 is 22.6 Å². The van der Waals surface area contributed by atoms with E-state index in [1.54, 1.807) is 25.4 Å². The predicted octanol–water partition coefficient (Wildman–Crippen LogP) is 2.94. The van der Waals surface area contributed by atoms with E-state index in [-0.39, 0.29) is 6.10 Å². The maximum absolute atomic E-state index is 12.7. The van der Waals surface area contributed by atoms with E-state index in [1.165, 1.54) is 12.6 Å². The maximum Gasteiger partial charge on any atom is 0.281 e. The summed E-state index contributed by atoms with van der Waals surface area (Å²) in [6.07, 6.45) is 7.60. The van der Waals surface area contributed by atoms with Crippen LogP contribution in [0.1, 0.15) is 36.0 Å². The molecule has 3 aromatic rings. The van der Waals surface area contributed by atoms with Crippen molar-refractivity contribution in [2.75, 3.05) is 32.2 Å². The molecule has 1 atom stereocenters. The highest BCUT2D eigenvalue weighted by molar-refractivity contribution is 5.96. The summed E-state index contributed by atoms with van der Waals surface area (Å²) in [6, 6.07) is 7.27. The maximum atomic E-state index is 12.7. The van der Waals surface area contributed by atoms with Crippen LogP contribution in [0.2, 0.25) is 0 Å². The third-order valence-corrected chi connectivity index (χ3v) is 5.99. The second-order valence-electron chi connectivity index (χ2n) is 8.12. The van der Waals surface area contributed by atoms with Gasteiger partial charge in [-0.15, -0.1) is 0 Å². The molecule has 1 aromatic carbocycles. The van der Waals surface area contributed by atoms with Gasteiger partial charge < -0.3 is 19.5 Å². The highest BCUT2D eigenvalue weighted by Gasteiger charge is 2.21.